The highest BCUT2D eigenvalue weighted by Crippen LogP contribution is 2.44. The first-order valence-electron chi connectivity index (χ1n) is 10.9. The van der Waals surface area contributed by atoms with E-state index in [1.807, 2.05) is 66.7 Å². The van der Waals surface area contributed by atoms with E-state index in [1.54, 1.807) is 6.20 Å². The Kier molecular flexibility index (Phi) is 5.78. The van der Waals surface area contributed by atoms with Crippen LogP contribution in [0.1, 0.15) is 17.0 Å². The van der Waals surface area contributed by atoms with Crippen LogP contribution in [-0.2, 0) is 16.1 Å². The topological polar surface area (TPSA) is 106 Å². The molecule has 3 aromatic carbocycles. The summed E-state index contributed by atoms with van der Waals surface area (Å²) >= 11 is 0. The lowest BCUT2D eigenvalue weighted by Crippen LogP contribution is -2.44. The molecule has 0 saturated carbocycles. The van der Waals surface area contributed by atoms with Gasteiger partial charge in [-0.1, -0.05) is 84.1 Å². The number of aromatic nitrogens is 3. The van der Waals surface area contributed by atoms with Crippen LogP contribution in [0.4, 0.5) is 4.79 Å². The molecule has 34 heavy (non-hydrogen) atoms. The van der Waals surface area contributed by atoms with Crippen molar-refractivity contribution < 1.29 is 19.4 Å². The number of carboxylic acid groups (broad SMARTS) is 1. The van der Waals surface area contributed by atoms with Gasteiger partial charge in [-0.2, -0.15) is 0 Å². The highest BCUT2D eigenvalue weighted by atomic mass is 16.5. The van der Waals surface area contributed by atoms with Crippen LogP contribution >= 0.6 is 0 Å². The fourth-order valence-electron chi connectivity index (χ4n) is 4.28. The second kappa shape index (κ2) is 9.19. The number of benzene rings is 3. The number of nitrogens with zero attached hydrogens (tertiary/aromatic N) is 3. The van der Waals surface area contributed by atoms with Gasteiger partial charge in [0.05, 0.1) is 12.7 Å². The van der Waals surface area contributed by atoms with Crippen LogP contribution in [-0.4, -0.2) is 44.8 Å². The number of hydrogen-bond acceptors (Lipinski definition) is 5. The fourth-order valence-corrected chi connectivity index (χ4v) is 4.28. The minimum atomic E-state index is -1.22. The molecule has 2 N–H and O–H groups in total. The molecule has 1 heterocycles. The van der Waals surface area contributed by atoms with Gasteiger partial charge in [-0.05, 0) is 22.3 Å². The first kappa shape index (κ1) is 21.4. The van der Waals surface area contributed by atoms with E-state index in [1.165, 1.54) is 4.68 Å². The lowest BCUT2D eigenvalue weighted by Gasteiger charge is -2.17. The van der Waals surface area contributed by atoms with Gasteiger partial charge >= 0.3 is 12.1 Å². The Labute approximate surface area is 195 Å². The Morgan fingerprint density at radius 2 is 1.56 bits per heavy atom. The number of rotatable bonds is 7. The van der Waals surface area contributed by atoms with Crippen molar-refractivity contribution in [1.29, 1.82) is 0 Å². The predicted molar refractivity (Wildman–Crippen MR) is 125 cm³/mol. The third-order valence-electron chi connectivity index (χ3n) is 5.91. The molecule has 0 saturated heterocycles. The van der Waals surface area contributed by atoms with E-state index in [0.717, 1.165) is 27.8 Å². The van der Waals surface area contributed by atoms with Crippen molar-refractivity contribution in [2.75, 3.05) is 6.61 Å². The van der Waals surface area contributed by atoms with Crippen molar-refractivity contribution in [3.05, 3.63) is 96.2 Å². The molecule has 0 aliphatic heterocycles. The Morgan fingerprint density at radius 3 is 2.21 bits per heavy atom. The summed E-state index contributed by atoms with van der Waals surface area (Å²) in [7, 11) is 0. The first-order chi connectivity index (χ1) is 16.6. The van der Waals surface area contributed by atoms with Gasteiger partial charge in [0.25, 0.3) is 0 Å². The third kappa shape index (κ3) is 4.25. The van der Waals surface area contributed by atoms with Gasteiger partial charge in [0.15, 0.2) is 0 Å². The molecule has 8 nitrogen and oxygen atoms in total. The van der Waals surface area contributed by atoms with Crippen LogP contribution in [0.25, 0.3) is 22.4 Å². The van der Waals surface area contributed by atoms with Crippen molar-refractivity contribution in [2.24, 2.45) is 0 Å². The molecule has 0 unspecified atom stereocenters. The van der Waals surface area contributed by atoms with E-state index in [4.69, 9.17) is 4.74 Å². The predicted octanol–water partition coefficient (Wildman–Crippen LogP) is 3.94. The molecule has 170 valence electrons. The minimum absolute atomic E-state index is 0.0840. The number of nitrogens with one attached hydrogen (secondary N) is 1. The summed E-state index contributed by atoms with van der Waals surface area (Å²) in [5, 5.41) is 20.1. The number of alkyl carbamates (subject to hydrolysis) is 1. The fraction of sp³-hybridized carbons (Fsp3) is 0.154. The molecule has 4 aromatic rings. The van der Waals surface area contributed by atoms with Crippen molar-refractivity contribution >= 4 is 12.1 Å². The van der Waals surface area contributed by atoms with Crippen molar-refractivity contribution in [3.63, 3.8) is 0 Å². The average molecular weight is 454 g/mol. The lowest BCUT2D eigenvalue weighted by molar-refractivity contribution is -0.139. The molecule has 1 amide bonds. The van der Waals surface area contributed by atoms with Gasteiger partial charge in [-0.3, -0.25) is 0 Å². The highest BCUT2D eigenvalue weighted by molar-refractivity contribution is 5.81. The molecule has 0 fully saturated rings. The van der Waals surface area contributed by atoms with E-state index in [0.29, 0.717) is 5.69 Å². The maximum absolute atomic E-state index is 12.5. The third-order valence-corrected chi connectivity index (χ3v) is 5.91. The van der Waals surface area contributed by atoms with E-state index >= 15 is 0 Å². The number of aliphatic carboxylic acids is 1. The second-order valence-corrected chi connectivity index (χ2v) is 8.05. The molecular weight excluding hydrogens is 432 g/mol. The molecule has 8 heteroatoms. The quantitative estimate of drug-likeness (QED) is 0.438. The first-order valence-corrected chi connectivity index (χ1v) is 10.9. The van der Waals surface area contributed by atoms with Gasteiger partial charge in [-0.15, -0.1) is 5.10 Å². The summed E-state index contributed by atoms with van der Waals surface area (Å²) in [5.41, 5.74) is 5.90. The average Bonchev–Trinajstić information content (AvgIpc) is 3.46. The summed E-state index contributed by atoms with van der Waals surface area (Å²) < 4.78 is 6.87. The summed E-state index contributed by atoms with van der Waals surface area (Å²) in [6.07, 6.45) is 0.850. The zero-order valence-electron chi connectivity index (χ0n) is 18.2. The Morgan fingerprint density at radius 1 is 0.941 bits per heavy atom. The smallest absolute Gasteiger partial charge is 0.407 e. The summed E-state index contributed by atoms with van der Waals surface area (Å²) in [6.45, 7) is 0.0209. The molecule has 0 bridgehead atoms. The number of carbonyl (C=O) groups excluding carboxylic acids is 1. The minimum Gasteiger partial charge on any atom is -0.480 e. The summed E-state index contributed by atoms with van der Waals surface area (Å²) in [5.74, 6) is -1.30. The van der Waals surface area contributed by atoms with E-state index in [9.17, 15) is 14.7 Å². The molecule has 1 aliphatic rings. The van der Waals surface area contributed by atoms with Crippen LogP contribution in [0.5, 0.6) is 0 Å². The number of ether oxygens (including phenoxy) is 1. The van der Waals surface area contributed by atoms with Crippen LogP contribution in [0.15, 0.2) is 85.1 Å². The van der Waals surface area contributed by atoms with Gasteiger partial charge in [0, 0.05) is 11.5 Å². The molecule has 0 spiro atoms. The lowest BCUT2D eigenvalue weighted by atomic mass is 9.98. The second-order valence-electron chi connectivity index (χ2n) is 8.05. The number of amides is 1. The monoisotopic (exact) mass is 454 g/mol. The SMILES string of the molecule is O=C(N[C@@H](Cn1cc(-c2ccccc2)nn1)C(=O)O)OCC1c2ccccc2-c2ccccc21. The normalized spacial score (nSPS) is 13.1. The molecule has 1 aliphatic carbocycles. The van der Waals surface area contributed by atoms with Gasteiger partial charge in [-0.25, -0.2) is 14.3 Å². The number of carboxylic acids is 1. The van der Waals surface area contributed by atoms with Crippen molar-refractivity contribution in [1.82, 2.24) is 20.3 Å². The standard InChI is InChI=1S/C26H22N4O4/c31-25(32)24(15-30-14-23(28-29-30)17-8-2-1-3-9-17)27-26(33)34-16-22-20-12-6-4-10-18(20)19-11-5-7-13-21(19)22/h1-14,22,24H,15-16H2,(H,27,33)(H,31,32)/t24-/m0/s1. The Bertz CT molecular complexity index is 1290. The van der Waals surface area contributed by atoms with Crippen LogP contribution in [0, 0.1) is 0 Å². The van der Waals surface area contributed by atoms with Crippen LogP contribution in [0.3, 0.4) is 0 Å². The molecule has 0 radical (unpaired) electrons. The van der Waals surface area contributed by atoms with Crippen LogP contribution < -0.4 is 5.32 Å². The zero-order chi connectivity index (χ0) is 23.5. The maximum Gasteiger partial charge on any atom is 0.407 e. The van der Waals surface area contributed by atoms with Crippen molar-refractivity contribution in [2.45, 2.75) is 18.5 Å². The van der Waals surface area contributed by atoms with Crippen molar-refractivity contribution in [3.8, 4) is 22.4 Å². The van der Waals surface area contributed by atoms with Gasteiger partial charge < -0.3 is 15.2 Å². The Hall–Kier alpha value is -4.46. The zero-order valence-corrected chi connectivity index (χ0v) is 18.2. The van der Waals surface area contributed by atoms with Gasteiger partial charge in [0.1, 0.15) is 18.3 Å². The summed E-state index contributed by atoms with van der Waals surface area (Å²) in [4.78, 5) is 24.3. The van der Waals surface area contributed by atoms with Crippen LogP contribution in [0.2, 0.25) is 0 Å². The molecule has 1 atom stereocenters. The molecular formula is C26H22N4O4. The van der Waals surface area contributed by atoms with E-state index in [2.05, 4.69) is 27.8 Å². The maximum atomic E-state index is 12.5. The Balaban J connectivity index is 1.24. The number of fused-ring (bicyclic) bond motifs is 3. The summed E-state index contributed by atoms with van der Waals surface area (Å²) in [6, 6.07) is 24.2. The van der Waals surface area contributed by atoms with Gasteiger partial charge in [0.2, 0.25) is 0 Å². The molecule has 1 aromatic heterocycles. The largest absolute Gasteiger partial charge is 0.480 e. The molecule has 5 rings (SSSR count). The number of carbonyl (C=O) groups is 2. The highest BCUT2D eigenvalue weighted by Gasteiger charge is 2.30. The van der Waals surface area contributed by atoms with E-state index < -0.39 is 18.1 Å². The number of hydrogen-bond donors (Lipinski definition) is 2. The van der Waals surface area contributed by atoms with E-state index in [-0.39, 0.29) is 19.1 Å².